The summed E-state index contributed by atoms with van der Waals surface area (Å²) in [6, 6.07) is 3.42. The molecule has 0 amide bonds. The summed E-state index contributed by atoms with van der Waals surface area (Å²) in [7, 11) is 0. The van der Waals surface area contributed by atoms with Crippen LogP contribution in [0.4, 0.5) is 8.78 Å². The highest BCUT2D eigenvalue weighted by molar-refractivity contribution is 5.33. The summed E-state index contributed by atoms with van der Waals surface area (Å²) in [5.41, 5.74) is 0.571. The van der Waals surface area contributed by atoms with Gasteiger partial charge >= 0.3 is 0 Å². The van der Waals surface area contributed by atoms with E-state index in [4.69, 9.17) is 4.74 Å². The fourth-order valence-corrected chi connectivity index (χ4v) is 7.24. The molecule has 3 fully saturated rings. The summed E-state index contributed by atoms with van der Waals surface area (Å²) in [4.78, 5) is 0. The van der Waals surface area contributed by atoms with Gasteiger partial charge in [-0.25, -0.2) is 4.39 Å². The molecule has 0 N–H and O–H groups in total. The van der Waals surface area contributed by atoms with E-state index in [9.17, 15) is 8.78 Å². The van der Waals surface area contributed by atoms with Gasteiger partial charge in [-0.05, 0) is 105 Å². The number of hydrogen-bond acceptors (Lipinski definition) is 1. The number of rotatable bonds is 8. The normalized spacial score (nSPS) is 33.6. The van der Waals surface area contributed by atoms with E-state index in [2.05, 4.69) is 13.8 Å². The van der Waals surface area contributed by atoms with Gasteiger partial charge in [0.25, 0.3) is 0 Å². The first-order valence-corrected chi connectivity index (χ1v) is 12.7. The van der Waals surface area contributed by atoms with Crippen LogP contribution >= 0.6 is 0 Å². The Hall–Kier alpha value is -1.12. The van der Waals surface area contributed by atoms with E-state index in [0.29, 0.717) is 12.2 Å². The fourth-order valence-electron chi connectivity index (χ4n) is 7.24. The lowest BCUT2D eigenvalue weighted by molar-refractivity contribution is 0.177. The summed E-state index contributed by atoms with van der Waals surface area (Å²) in [6.07, 6.45) is 14.7. The monoisotopic (exact) mass is 418 g/mol. The maximum atomic E-state index is 14.8. The largest absolute Gasteiger partial charge is 0.490 e. The Balaban J connectivity index is 1.34. The van der Waals surface area contributed by atoms with Crippen LogP contribution in [0.25, 0.3) is 0 Å². The van der Waals surface area contributed by atoms with Gasteiger partial charge in [0.05, 0.1) is 6.61 Å². The molecule has 4 atom stereocenters. The second-order valence-electron chi connectivity index (χ2n) is 10.3. The quantitative estimate of drug-likeness (QED) is 0.386. The van der Waals surface area contributed by atoms with Crippen LogP contribution in [-0.4, -0.2) is 6.61 Å². The molecule has 4 unspecified atom stereocenters. The van der Waals surface area contributed by atoms with E-state index < -0.39 is 11.6 Å². The van der Waals surface area contributed by atoms with Gasteiger partial charge < -0.3 is 4.74 Å². The Bertz CT molecular complexity index is 694. The second kappa shape index (κ2) is 10.0. The molecule has 0 aliphatic heterocycles. The Labute approximate surface area is 182 Å². The number of unbranched alkanes of at least 4 members (excludes halogenated alkanes) is 1. The molecule has 1 nitrogen and oxygen atoms in total. The summed E-state index contributed by atoms with van der Waals surface area (Å²) < 4.78 is 34.7. The van der Waals surface area contributed by atoms with E-state index in [1.54, 1.807) is 12.1 Å². The average Bonchev–Trinajstić information content (AvgIpc) is 3.35. The Kier molecular flexibility index (Phi) is 7.36. The van der Waals surface area contributed by atoms with Crippen LogP contribution in [0.5, 0.6) is 5.75 Å². The van der Waals surface area contributed by atoms with Crippen molar-refractivity contribution in [1.82, 2.24) is 0 Å². The molecule has 3 aliphatic rings. The molecular formula is C27H40F2O. The summed E-state index contributed by atoms with van der Waals surface area (Å²) >= 11 is 0. The minimum Gasteiger partial charge on any atom is -0.490 e. The summed E-state index contributed by atoms with van der Waals surface area (Å²) in [5.74, 6) is 3.39. The standard InChI is InChI=1S/C27H40F2O/c1-3-5-17-30-25-16-15-23(26(28)27(25)29)20-9-7-19(8-10-20)22-14-13-21-18(6-4-2)11-12-24(21)22/h15-16,18-22,24H,3-14,17H2,1-2H3. The molecule has 3 saturated carbocycles. The van der Waals surface area contributed by atoms with Gasteiger partial charge in [0.15, 0.2) is 11.6 Å². The van der Waals surface area contributed by atoms with E-state index >= 15 is 0 Å². The predicted molar refractivity (Wildman–Crippen MR) is 119 cm³/mol. The van der Waals surface area contributed by atoms with Crippen molar-refractivity contribution in [2.24, 2.45) is 29.6 Å². The Morgan fingerprint density at radius 2 is 1.53 bits per heavy atom. The van der Waals surface area contributed by atoms with Gasteiger partial charge in [-0.15, -0.1) is 0 Å². The number of ether oxygens (including phenoxy) is 1. The highest BCUT2D eigenvalue weighted by atomic mass is 19.2. The van der Waals surface area contributed by atoms with Crippen LogP contribution in [0.15, 0.2) is 12.1 Å². The van der Waals surface area contributed by atoms with Crippen molar-refractivity contribution in [3.05, 3.63) is 29.3 Å². The van der Waals surface area contributed by atoms with Crippen LogP contribution < -0.4 is 4.74 Å². The molecule has 1 aromatic rings. The van der Waals surface area contributed by atoms with Crippen LogP contribution in [-0.2, 0) is 0 Å². The van der Waals surface area contributed by atoms with Gasteiger partial charge in [-0.1, -0.05) is 39.2 Å². The van der Waals surface area contributed by atoms with Crippen LogP contribution in [0.1, 0.15) is 102 Å². The SMILES string of the molecule is CCCCOc1ccc(C2CCC(C3CCC4C(CCC)CCC34)CC2)c(F)c1F. The molecule has 0 spiro atoms. The third-order valence-corrected chi connectivity index (χ3v) is 8.72. The van der Waals surface area contributed by atoms with Gasteiger partial charge in [-0.3, -0.25) is 0 Å². The van der Waals surface area contributed by atoms with Crippen LogP contribution in [0, 0.1) is 41.2 Å². The Morgan fingerprint density at radius 1 is 0.800 bits per heavy atom. The van der Waals surface area contributed by atoms with Gasteiger partial charge in [-0.2, -0.15) is 4.39 Å². The number of fused-ring (bicyclic) bond motifs is 1. The van der Waals surface area contributed by atoms with Crippen molar-refractivity contribution in [2.75, 3.05) is 6.61 Å². The Morgan fingerprint density at radius 3 is 2.27 bits per heavy atom. The van der Waals surface area contributed by atoms with Crippen molar-refractivity contribution >= 4 is 0 Å². The van der Waals surface area contributed by atoms with E-state index in [-0.39, 0.29) is 11.7 Å². The lowest BCUT2D eigenvalue weighted by Crippen LogP contribution is -2.25. The van der Waals surface area contributed by atoms with E-state index in [0.717, 1.165) is 55.3 Å². The molecule has 3 heteroatoms. The molecule has 1 aromatic carbocycles. The third-order valence-electron chi connectivity index (χ3n) is 8.72. The molecule has 0 aromatic heterocycles. The van der Waals surface area contributed by atoms with Gasteiger partial charge in [0.2, 0.25) is 5.82 Å². The minimum absolute atomic E-state index is 0.0678. The molecular weight excluding hydrogens is 378 g/mol. The molecule has 0 radical (unpaired) electrons. The molecule has 4 rings (SSSR count). The van der Waals surface area contributed by atoms with Crippen molar-refractivity contribution in [2.45, 2.75) is 96.8 Å². The summed E-state index contributed by atoms with van der Waals surface area (Å²) in [6.45, 7) is 4.83. The molecule has 30 heavy (non-hydrogen) atoms. The molecule has 0 bridgehead atoms. The lowest BCUT2D eigenvalue weighted by atomic mass is 9.70. The minimum atomic E-state index is -0.794. The van der Waals surface area contributed by atoms with E-state index in [1.165, 1.54) is 51.4 Å². The predicted octanol–water partition coefficient (Wildman–Crippen LogP) is 8.27. The topological polar surface area (TPSA) is 9.23 Å². The van der Waals surface area contributed by atoms with Crippen LogP contribution in [0.2, 0.25) is 0 Å². The van der Waals surface area contributed by atoms with E-state index in [1.807, 2.05) is 0 Å². The van der Waals surface area contributed by atoms with Gasteiger partial charge in [0, 0.05) is 0 Å². The third kappa shape index (κ3) is 4.41. The number of hydrogen-bond donors (Lipinski definition) is 0. The molecule has 0 saturated heterocycles. The zero-order valence-electron chi connectivity index (χ0n) is 19.0. The number of halogens is 2. The van der Waals surface area contributed by atoms with Crippen molar-refractivity contribution in [3.8, 4) is 5.75 Å². The smallest absolute Gasteiger partial charge is 0.200 e. The first-order chi connectivity index (χ1) is 14.6. The van der Waals surface area contributed by atoms with Gasteiger partial charge in [0.1, 0.15) is 0 Å². The molecule has 3 aliphatic carbocycles. The van der Waals surface area contributed by atoms with Crippen molar-refractivity contribution < 1.29 is 13.5 Å². The lowest BCUT2D eigenvalue weighted by Gasteiger charge is -2.35. The maximum Gasteiger partial charge on any atom is 0.200 e. The second-order valence-corrected chi connectivity index (χ2v) is 10.3. The average molecular weight is 419 g/mol. The summed E-state index contributed by atoms with van der Waals surface area (Å²) in [5, 5.41) is 0. The fraction of sp³-hybridized carbons (Fsp3) is 0.778. The zero-order valence-corrected chi connectivity index (χ0v) is 19.0. The number of benzene rings is 1. The maximum absolute atomic E-state index is 14.8. The highest BCUT2D eigenvalue weighted by Crippen LogP contribution is 2.56. The highest BCUT2D eigenvalue weighted by Gasteiger charge is 2.47. The first-order valence-electron chi connectivity index (χ1n) is 12.7. The zero-order chi connectivity index (χ0) is 21.1. The van der Waals surface area contributed by atoms with Crippen molar-refractivity contribution in [3.63, 3.8) is 0 Å². The van der Waals surface area contributed by atoms with Crippen LogP contribution in [0.3, 0.4) is 0 Å². The van der Waals surface area contributed by atoms with Crippen molar-refractivity contribution in [1.29, 1.82) is 0 Å². The molecule has 0 heterocycles. The first kappa shape index (κ1) is 22.1. The molecule has 168 valence electrons.